The van der Waals surface area contributed by atoms with Crippen molar-refractivity contribution in [3.8, 4) is 22.7 Å². The topological polar surface area (TPSA) is 95.1 Å². The number of fused-ring (bicyclic) bond motifs is 1. The lowest BCUT2D eigenvalue weighted by atomic mass is 10.0. The second kappa shape index (κ2) is 8.75. The van der Waals surface area contributed by atoms with E-state index < -0.39 is 0 Å². The SMILES string of the molecule is COc1ccc(-c2cc(C(=O)Nc3c(Br)noc3C)c3c(C)nn(-c4ccccc4)c3n2)cc1. The molecule has 0 fully saturated rings. The van der Waals surface area contributed by atoms with Gasteiger partial charge in [0.2, 0.25) is 0 Å². The summed E-state index contributed by atoms with van der Waals surface area (Å²) in [6, 6.07) is 19.0. The van der Waals surface area contributed by atoms with E-state index in [-0.39, 0.29) is 5.91 Å². The van der Waals surface area contributed by atoms with Crippen LogP contribution in [0.4, 0.5) is 5.69 Å². The van der Waals surface area contributed by atoms with E-state index in [9.17, 15) is 4.79 Å². The number of aromatic nitrogens is 4. The van der Waals surface area contributed by atoms with Gasteiger partial charge in [0.05, 0.1) is 35.1 Å². The Balaban J connectivity index is 1.72. The molecule has 0 aliphatic rings. The number of rotatable bonds is 5. The van der Waals surface area contributed by atoms with E-state index in [1.165, 1.54) is 0 Å². The second-order valence-electron chi connectivity index (χ2n) is 7.67. The van der Waals surface area contributed by atoms with Crippen LogP contribution in [0.25, 0.3) is 28.0 Å². The van der Waals surface area contributed by atoms with Gasteiger partial charge in [-0.1, -0.05) is 23.4 Å². The highest BCUT2D eigenvalue weighted by Crippen LogP contribution is 2.31. The van der Waals surface area contributed by atoms with Crippen LogP contribution in [0.2, 0.25) is 0 Å². The van der Waals surface area contributed by atoms with Crippen LogP contribution >= 0.6 is 15.9 Å². The van der Waals surface area contributed by atoms with Crippen LogP contribution in [0.15, 0.2) is 69.8 Å². The number of carbonyl (C=O) groups is 1. The summed E-state index contributed by atoms with van der Waals surface area (Å²) in [5.74, 6) is 0.920. The number of anilines is 1. The van der Waals surface area contributed by atoms with Gasteiger partial charge in [-0.05, 0) is 72.2 Å². The standard InChI is InChI=1S/C25H20BrN5O3/c1-14-21-19(25(32)28-22-15(2)34-30-23(22)26)13-20(16-9-11-18(33-3)12-10-16)27-24(21)31(29-14)17-7-5-4-6-8-17/h4-13H,1-3H3,(H,28,32). The highest BCUT2D eigenvalue weighted by Gasteiger charge is 2.23. The molecule has 2 aromatic carbocycles. The summed E-state index contributed by atoms with van der Waals surface area (Å²) < 4.78 is 12.6. The zero-order chi connectivity index (χ0) is 23.8. The number of pyridine rings is 1. The highest BCUT2D eigenvalue weighted by atomic mass is 79.9. The average Bonchev–Trinajstić information content (AvgIpc) is 3.37. The molecule has 0 saturated heterocycles. The van der Waals surface area contributed by atoms with Crippen molar-refractivity contribution in [2.45, 2.75) is 13.8 Å². The molecule has 8 nitrogen and oxygen atoms in total. The Labute approximate surface area is 203 Å². The fourth-order valence-corrected chi connectivity index (χ4v) is 4.24. The third-order valence-electron chi connectivity index (χ3n) is 5.50. The summed E-state index contributed by atoms with van der Waals surface area (Å²) in [4.78, 5) is 18.4. The van der Waals surface area contributed by atoms with Crippen molar-refractivity contribution in [1.29, 1.82) is 0 Å². The molecule has 0 unspecified atom stereocenters. The van der Waals surface area contributed by atoms with Crippen LogP contribution in [0.3, 0.4) is 0 Å². The van der Waals surface area contributed by atoms with Crippen molar-refractivity contribution in [3.63, 3.8) is 0 Å². The van der Waals surface area contributed by atoms with Crippen LogP contribution in [-0.2, 0) is 0 Å². The maximum Gasteiger partial charge on any atom is 0.256 e. The predicted octanol–water partition coefficient (Wildman–Crippen LogP) is 5.72. The Kier molecular flexibility index (Phi) is 5.62. The summed E-state index contributed by atoms with van der Waals surface area (Å²) in [6.07, 6.45) is 0. The van der Waals surface area contributed by atoms with Crippen LogP contribution < -0.4 is 10.1 Å². The Bertz CT molecular complexity index is 1490. The Morgan fingerprint density at radius 1 is 1.09 bits per heavy atom. The number of amides is 1. The number of halogens is 1. The molecule has 5 aromatic rings. The number of nitrogens with one attached hydrogen (secondary N) is 1. The molecule has 1 amide bonds. The van der Waals surface area contributed by atoms with E-state index in [4.69, 9.17) is 19.3 Å². The van der Waals surface area contributed by atoms with Crippen LogP contribution in [0, 0.1) is 13.8 Å². The molecule has 0 radical (unpaired) electrons. The van der Waals surface area contributed by atoms with Crippen LogP contribution in [-0.4, -0.2) is 32.9 Å². The molecule has 3 heterocycles. The van der Waals surface area contributed by atoms with Gasteiger partial charge in [-0.15, -0.1) is 0 Å². The minimum Gasteiger partial charge on any atom is -0.497 e. The van der Waals surface area contributed by atoms with Gasteiger partial charge in [0, 0.05) is 5.56 Å². The number of carbonyl (C=O) groups excluding carboxylic acids is 1. The minimum absolute atomic E-state index is 0.315. The normalized spacial score (nSPS) is 11.1. The van der Waals surface area contributed by atoms with Gasteiger partial charge in [-0.25, -0.2) is 9.67 Å². The van der Waals surface area contributed by atoms with E-state index in [2.05, 4.69) is 26.4 Å². The molecule has 0 spiro atoms. The summed E-state index contributed by atoms with van der Waals surface area (Å²) in [6.45, 7) is 3.60. The number of hydrogen-bond donors (Lipinski definition) is 1. The smallest absolute Gasteiger partial charge is 0.256 e. The Morgan fingerprint density at radius 2 is 1.82 bits per heavy atom. The fourth-order valence-electron chi connectivity index (χ4n) is 3.79. The first-order chi connectivity index (χ1) is 16.5. The van der Waals surface area contributed by atoms with E-state index in [1.807, 2.05) is 61.5 Å². The van der Waals surface area contributed by atoms with Crippen molar-refractivity contribution >= 4 is 38.6 Å². The minimum atomic E-state index is -0.315. The first kappa shape index (κ1) is 21.8. The van der Waals surface area contributed by atoms with E-state index >= 15 is 0 Å². The molecule has 0 saturated carbocycles. The maximum atomic E-state index is 13.5. The lowest BCUT2D eigenvalue weighted by molar-refractivity contribution is 0.102. The Morgan fingerprint density at radius 3 is 2.47 bits per heavy atom. The molecular weight excluding hydrogens is 498 g/mol. The number of hydrogen-bond acceptors (Lipinski definition) is 6. The fraction of sp³-hybridized carbons (Fsp3) is 0.120. The van der Waals surface area contributed by atoms with Gasteiger partial charge in [0.1, 0.15) is 11.4 Å². The van der Waals surface area contributed by atoms with E-state index in [1.54, 1.807) is 24.8 Å². The molecule has 0 bridgehead atoms. The lowest BCUT2D eigenvalue weighted by Gasteiger charge is -2.10. The largest absolute Gasteiger partial charge is 0.497 e. The summed E-state index contributed by atoms with van der Waals surface area (Å²) >= 11 is 3.32. The summed E-state index contributed by atoms with van der Waals surface area (Å²) in [5, 5.41) is 12.1. The van der Waals surface area contributed by atoms with E-state index in [0.29, 0.717) is 44.0 Å². The molecule has 1 N–H and O–H groups in total. The van der Waals surface area contributed by atoms with Gasteiger partial charge in [-0.3, -0.25) is 4.79 Å². The van der Waals surface area contributed by atoms with Gasteiger partial charge in [0.25, 0.3) is 5.91 Å². The Hall–Kier alpha value is -3.98. The van der Waals surface area contributed by atoms with Crippen molar-refractivity contribution in [1.82, 2.24) is 19.9 Å². The molecular formula is C25H20BrN5O3. The molecule has 9 heteroatoms. The van der Waals surface area contributed by atoms with Gasteiger partial charge < -0.3 is 14.6 Å². The number of ether oxygens (including phenoxy) is 1. The molecule has 0 atom stereocenters. The third kappa shape index (κ3) is 3.84. The average molecular weight is 518 g/mol. The second-order valence-corrected chi connectivity index (χ2v) is 8.42. The molecule has 0 aliphatic heterocycles. The molecule has 170 valence electrons. The zero-order valence-electron chi connectivity index (χ0n) is 18.7. The van der Waals surface area contributed by atoms with Gasteiger partial charge in [0.15, 0.2) is 16.0 Å². The number of benzene rings is 2. The number of aryl methyl sites for hydroxylation is 2. The number of nitrogens with zero attached hydrogens (tertiary/aromatic N) is 4. The number of methoxy groups -OCH3 is 1. The lowest BCUT2D eigenvalue weighted by Crippen LogP contribution is -2.14. The van der Waals surface area contributed by atoms with Crippen molar-refractivity contribution < 1.29 is 14.1 Å². The highest BCUT2D eigenvalue weighted by molar-refractivity contribution is 9.10. The first-order valence-electron chi connectivity index (χ1n) is 10.5. The van der Waals surface area contributed by atoms with Crippen LogP contribution in [0.1, 0.15) is 21.8 Å². The summed E-state index contributed by atoms with van der Waals surface area (Å²) in [7, 11) is 1.62. The van der Waals surface area contributed by atoms with Gasteiger partial charge in [-0.2, -0.15) is 5.10 Å². The monoisotopic (exact) mass is 517 g/mol. The van der Waals surface area contributed by atoms with Gasteiger partial charge >= 0.3 is 0 Å². The van der Waals surface area contributed by atoms with Crippen molar-refractivity contribution in [2.24, 2.45) is 0 Å². The van der Waals surface area contributed by atoms with Crippen molar-refractivity contribution in [2.75, 3.05) is 12.4 Å². The maximum absolute atomic E-state index is 13.5. The first-order valence-corrected chi connectivity index (χ1v) is 11.3. The summed E-state index contributed by atoms with van der Waals surface area (Å²) in [5.41, 5.74) is 4.54. The zero-order valence-corrected chi connectivity index (χ0v) is 20.3. The molecule has 3 aromatic heterocycles. The molecule has 5 rings (SSSR count). The molecule has 34 heavy (non-hydrogen) atoms. The third-order valence-corrected chi connectivity index (χ3v) is 6.04. The number of para-hydroxylation sites is 1. The molecule has 0 aliphatic carbocycles. The predicted molar refractivity (Wildman–Crippen MR) is 132 cm³/mol. The quantitative estimate of drug-likeness (QED) is 0.320. The van der Waals surface area contributed by atoms with Crippen molar-refractivity contribution in [3.05, 3.63) is 82.3 Å². The van der Waals surface area contributed by atoms with Crippen LogP contribution in [0.5, 0.6) is 5.75 Å². The van der Waals surface area contributed by atoms with E-state index in [0.717, 1.165) is 17.0 Å².